The van der Waals surface area contributed by atoms with Crippen LogP contribution in [0.2, 0.25) is 0 Å². The Kier molecular flexibility index (Phi) is 4.84. The van der Waals surface area contributed by atoms with Crippen molar-refractivity contribution in [3.05, 3.63) is 22.4 Å². The number of carbonyl (C=O) groups is 1. The summed E-state index contributed by atoms with van der Waals surface area (Å²) >= 11 is 1.64. The normalized spacial score (nSPS) is 12.7. The molecule has 0 amide bonds. The molecular weight excluding hydrogens is 194 g/mol. The smallest absolute Gasteiger partial charge is 0.151 e. The Morgan fingerprint density at radius 3 is 3.00 bits per heavy atom. The number of thiophene rings is 1. The molecule has 1 N–H and O–H groups in total. The lowest BCUT2D eigenvalue weighted by molar-refractivity contribution is -0.117. The third kappa shape index (κ3) is 4.03. The Morgan fingerprint density at radius 2 is 2.43 bits per heavy atom. The Labute approximate surface area is 89.3 Å². The molecule has 78 valence electrons. The van der Waals surface area contributed by atoms with Crippen molar-refractivity contribution < 1.29 is 4.79 Å². The summed E-state index contributed by atoms with van der Waals surface area (Å²) in [5, 5.41) is 7.23. The maximum Gasteiger partial charge on any atom is 0.151 e. The summed E-state index contributed by atoms with van der Waals surface area (Å²) in [7, 11) is 0. The Morgan fingerprint density at radius 1 is 1.64 bits per heavy atom. The van der Waals surface area contributed by atoms with Gasteiger partial charge in [0.15, 0.2) is 5.78 Å². The van der Waals surface area contributed by atoms with Crippen LogP contribution in [0.25, 0.3) is 0 Å². The maximum atomic E-state index is 11.5. The maximum absolute atomic E-state index is 11.5. The minimum absolute atomic E-state index is 0.267. The summed E-state index contributed by atoms with van der Waals surface area (Å²) in [6.07, 6.45) is 1.62. The zero-order valence-corrected chi connectivity index (χ0v) is 9.56. The van der Waals surface area contributed by atoms with Gasteiger partial charge in [-0.05, 0) is 35.7 Å². The van der Waals surface area contributed by atoms with E-state index in [0.29, 0.717) is 19.0 Å². The van der Waals surface area contributed by atoms with Gasteiger partial charge in [-0.1, -0.05) is 6.92 Å². The van der Waals surface area contributed by atoms with Crippen LogP contribution < -0.4 is 5.32 Å². The molecule has 0 aliphatic heterocycles. The van der Waals surface area contributed by atoms with E-state index in [9.17, 15) is 4.79 Å². The molecule has 0 saturated carbocycles. The van der Waals surface area contributed by atoms with Crippen molar-refractivity contribution in [2.75, 3.05) is 6.54 Å². The number of ketones is 1. The minimum atomic E-state index is 0.267. The highest BCUT2D eigenvalue weighted by atomic mass is 32.1. The standard InChI is InChI=1S/C11H17NOS/c1-3-9(2)12-7-11(13)6-10-4-5-14-8-10/h4-5,8-9,12H,3,6-7H2,1-2H3. The molecule has 0 aliphatic rings. The van der Waals surface area contributed by atoms with Crippen LogP contribution in [-0.4, -0.2) is 18.4 Å². The second kappa shape index (κ2) is 5.94. The third-order valence-electron chi connectivity index (χ3n) is 2.24. The van der Waals surface area contributed by atoms with E-state index in [0.717, 1.165) is 12.0 Å². The van der Waals surface area contributed by atoms with Gasteiger partial charge in [-0.25, -0.2) is 0 Å². The summed E-state index contributed by atoms with van der Waals surface area (Å²) in [5.41, 5.74) is 1.13. The minimum Gasteiger partial charge on any atom is -0.307 e. The zero-order chi connectivity index (χ0) is 10.4. The van der Waals surface area contributed by atoms with Crippen LogP contribution in [0.15, 0.2) is 16.8 Å². The predicted molar refractivity (Wildman–Crippen MR) is 60.8 cm³/mol. The van der Waals surface area contributed by atoms with Crippen LogP contribution in [0, 0.1) is 0 Å². The molecule has 1 rings (SSSR count). The van der Waals surface area contributed by atoms with Crippen molar-refractivity contribution >= 4 is 17.1 Å². The molecule has 1 atom stereocenters. The number of rotatable bonds is 6. The molecule has 0 bridgehead atoms. The number of hydrogen-bond donors (Lipinski definition) is 1. The third-order valence-corrected chi connectivity index (χ3v) is 2.97. The molecule has 0 radical (unpaired) electrons. The fourth-order valence-electron chi connectivity index (χ4n) is 1.12. The highest BCUT2D eigenvalue weighted by molar-refractivity contribution is 7.07. The molecule has 0 aromatic carbocycles. The predicted octanol–water partition coefficient (Wildman–Crippen LogP) is 2.25. The lowest BCUT2D eigenvalue weighted by Crippen LogP contribution is -2.31. The van der Waals surface area contributed by atoms with E-state index >= 15 is 0 Å². The summed E-state index contributed by atoms with van der Waals surface area (Å²) < 4.78 is 0. The largest absolute Gasteiger partial charge is 0.307 e. The topological polar surface area (TPSA) is 29.1 Å². The van der Waals surface area contributed by atoms with Crippen LogP contribution in [0.1, 0.15) is 25.8 Å². The second-order valence-electron chi connectivity index (χ2n) is 3.54. The van der Waals surface area contributed by atoms with E-state index in [1.807, 2.05) is 16.8 Å². The van der Waals surface area contributed by atoms with Crippen molar-refractivity contribution in [1.82, 2.24) is 5.32 Å². The van der Waals surface area contributed by atoms with Crippen LogP contribution in [0.3, 0.4) is 0 Å². The van der Waals surface area contributed by atoms with Crippen molar-refractivity contribution in [2.24, 2.45) is 0 Å². The fourth-order valence-corrected chi connectivity index (χ4v) is 1.78. The first kappa shape index (κ1) is 11.4. The molecule has 1 unspecified atom stereocenters. The molecular formula is C11H17NOS. The van der Waals surface area contributed by atoms with Crippen molar-refractivity contribution in [1.29, 1.82) is 0 Å². The van der Waals surface area contributed by atoms with Gasteiger partial charge in [0.2, 0.25) is 0 Å². The first-order valence-electron chi connectivity index (χ1n) is 4.98. The molecule has 14 heavy (non-hydrogen) atoms. The summed E-state index contributed by atoms with van der Waals surface area (Å²) in [5.74, 6) is 0.267. The number of Topliss-reactive ketones (excluding diaryl/α,β-unsaturated/α-hetero) is 1. The van der Waals surface area contributed by atoms with E-state index < -0.39 is 0 Å². The van der Waals surface area contributed by atoms with Gasteiger partial charge in [0.25, 0.3) is 0 Å². The number of carbonyl (C=O) groups excluding carboxylic acids is 1. The highest BCUT2D eigenvalue weighted by Gasteiger charge is 2.05. The molecule has 0 aliphatic carbocycles. The van der Waals surface area contributed by atoms with Gasteiger partial charge < -0.3 is 5.32 Å². The summed E-state index contributed by atoms with van der Waals surface area (Å²) in [6, 6.07) is 2.44. The van der Waals surface area contributed by atoms with Crippen LogP contribution >= 0.6 is 11.3 Å². The molecule has 1 aromatic rings. The van der Waals surface area contributed by atoms with Gasteiger partial charge in [0, 0.05) is 12.5 Å². The number of hydrogen-bond acceptors (Lipinski definition) is 3. The molecule has 2 nitrogen and oxygen atoms in total. The second-order valence-corrected chi connectivity index (χ2v) is 4.32. The average molecular weight is 211 g/mol. The van der Waals surface area contributed by atoms with Gasteiger partial charge in [-0.3, -0.25) is 4.79 Å². The molecule has 0 spiro atoms. The van der Waals surface area contributed by atoms with Crippen molar-refractivity contribution in [3.63, 3.8) is 0 Å². The first-order valence-corrected chi connectivity index (χ1v) is 5.92. The monoisotopic (exact) mass is 211 g/mol. The van der Waals surface area contributed by atoms with Crippen molar-refractivity contribution in [3.8, 4) is 0 Å². The van der Waals surface area contributed by atoms with E-state index in [1.54, 1.807) is 11.3 Å². The zero-order valence-electron chi connectivity index (χ0n) is 8.75. The molecule has 1 heterocycles. The Balaban J connectivity index is 2.23. The summed E-state index contributed by atoms with van der Waals surface area (Å²) in [4.78, 5) is 11.5. The Bertz CT molecular complexity index is 269. The van der Waals surface area contributed by atoms with E-state index in [4.69, 9.17) is 0 Å². The number of nitrogens with one attached hydrogen (secondary N) is 1. The van der Waals surface area contributed by atoms with E-state index in [2.05, 4.69) is 19.2 Å². The van der Waals surface area contributed by atoms with Gasteiger partial charge in [-0.2, -0.15) is 11.3 Å². The van der Waals surface area contributed by atoms with E-state index in [1.165, 1.54) is 0 Å². The molecule has 0 fully saturated rings. The molecule has 3 heteroatoms. The van der Waals surface area contributed by atoms with Gasteiger partial charge in [-0.15, -0.1) is 0 Å². The van der Waals surface area contributed by atoms with Gasteiger partial charge in [0.1, 0.15) is 0 Å². The summed E-state index contributed by atoms with van der Waals surface area (Å²) in [6.45, 7) is 4.70. The molecule has 1 aromatic heterocycles. The van der Waals surface area contributed by atoms with Crippen LogP contribution in [-0.2, 0) is 11.2 Å². The lowest BCUT2D eigenvalue weighted by atomic mass is 10.1. The van der Waals surface area contributed by atoms with Gasteiger partial charge >= 0.3 is 0 Å². The SMILES string of the molecule is CCC(C)NCC(=O)Cc1ccsc1. The quantitative estimate of drug-likeness (QED) is 0.782. The first-order chi connectivity index (χ1) is 6.72. The fraction of sp³-hybridized carbons (Fsp3) is 0.545. The average Bonchev–Trinajstić information content (AvgIpc) is 2.66. The molecule has 0 saturated heterocycles. The van der Waals surface area contributed by atoms with Crippen LogP contribution in [0.5, 0.6) is 0 Å². The highest BCUT2D eigenvalue weighted by Crippen LogP contribution is 2.06. The Hall–Kier alpha value is -0.670. The van der Waals surface area contributed by atoms with Crippen LogP contribution in [0.4, 0.5) is 0 Å². The lowest BCUT2D eigenvalue weighted by Gasteiger charge is -2.09. The van der Waals surface area contributed by atoms with E-state index in [-0.39, 0.29) is 5.78 Å². The van der Waals surface area contributed by atoms with Crippen molar-refractivity contribution in [2.45, 2.75) is 32.7 Å². The van der Waals surface area contributed by atoms with Gasteiger partial charge in [0.05, 0.1) is 6.54 Å².